The van der Waals surface area contributed by atoms with Gasteiger partial charge in [-0.2, -0.15) is 0 Å². The van der Waals surface area contributed by atoms with Crippen molar-refractivity contribution in [1.29, 1.82) is 0 Å². The Labute approximate surface area is 110 Å². The number of primary amides is 1. The SMILES string of the molecule is NC(=O)c1c(C(N)=S)cccc1-c1ccccc1. The van der Waals surface area contributed by atoms with E-state index in [1.54, 1.807) is 6.07 Å². The number of hydrogen-bond acceptors (Lipinski definition) is 2. The minimum absolute atomic E-state index is 0.168. The first kappa shape index (κ1) is 12.3. The van der Waals surface area contributed by atoms with Crippen molar-refractivity contribution in [2.24, 2.45) is 11.5 Å². The smallest absolute Gasteiger partial charge is 0.250 e. The number of carbonyl (C=O) groups is 1. The summed E-state index contributed by atoms with van der Waals surface area (Å²) in [6.07, 6.45) is 0. The van der Waals surface area contributed by atoms with Gasteiger partial charge in [0.15, 0.2) is 0 Å². The quantitative estimate of drug-likeness (QED) is 0.826. The van der Waals surface area contributed by atoms with Crippen LogP contribution in [-0.2, 0) is 0 Å². The molecule has 90 valence electrons. The van der Waals surface area contributed by atoms with E-state index in [9.17, 15) is 4.79 Å². The largest absolute Gasteiger partial charge is 0.389 e. The van der Waals surface area contributed by atoms with Gasteiger partial charge < -0.3 is 11.5 Å². The molecule has 0 fully saturated rings. The molecule has 0 unspecified atom stereocenters. The number of carbonyl (C=O) groups excluding carboxylic acids is 1. The van der Waals surface area contributed by atoms with E-state index in [1.165, 1.54) is 0 Å². The predicted octanol–water partition coefficient (Wildman–Crippen LogP) is 2.09. The molecule has 1 amide bonds. The van der Waals surface area contributed by atoms with Crippen LogP contribution in [0.4, 0.5) is 0 Å². The Morgan fingerprint density at radius 3 is 2.17 bits per heavy atom. The number of benzene rings is 2. The van der Waals surface area contributed by atoms with Crippen molar-refractivity contribution in [1.82, 2.24) is 0 Å². The van der Waals surface area contributed by atoms with E-state index in [0.29, 0.717) is 11.1 Å². The normalized spacial score (nSPS) is 10.0. The van der Waals surface area contributed by atoms with Crippen molar-refractivity contribution in [2.45, 2.75) is 0 Å². The van der Waals surface area contributed by atoms with Crippen LogP contribution in [0.25, 0.3) is 11.1 Å². The zero-order chi connectivity index (χ0) is 13.1. The molecular weight excluding hydrogens is 244 g/mol. The first-order valence-electron chi connectivity index (χ1n) is 5.39. The van der Waals surface area contributed by atoms with Gasteiger partial charge in [-0.1, -0.05) is 60.7 Å². The fourth-order valence-electron chi connectivity index (χ4n) is 1.88. The third-order valence-corrected chi connectivity index (χ3v) is 2.88. The van der Waals surface area contributed by atoms with E-state index in [-0.39, 0.29) is 4.99 Å². The second-order valence-corrected chi connectivity index (χ2v) is 4.26. The second kappa shape index (κ2) is 4.98. The summed E-state index contributed by atoms with van der Waals surface area (Å²) in [5.41, 5.74) is 13.6. The topological polar surface area (TPSA) is 69.1 Å². The van der Waals surface area contributed by atoms with Crippen LogP contribution in [0, 0.1) is 0 Å². The van der Waals surface area contributed by atoms with Crippen LogP contribution in [0.1, 0.15) is 15.9 Å². The summed E-state index contributed by atoms with van der Waals surface area (Å²) < 4.78 is 0. The van der Waals surface area contributed by atoms with Gasteiger partial charge in [0.05, 0.1) is 5.56 Å². The lowest BCUT2D eigenvalue weighted by Gasteiger charge is -2.11. The standard InChI is InChI=1S/C14H12N2OS/c15-13(17)12-10(9-5-2-1-3-6-9)7-4-8-11(12)14(16)18/h1-8H,(H2,15,17)(H2,16,18). The zero-order valence-corrected chi connectivity index (χ0v) is 10.4. The summed E-state index contributed by atoms with van der Waals surface area (Å²) in [6, 6.07) is 14.9. The maximum Gasteiger partial charge on any atom is 0.250 e. The molecule has 0 bridgehead atoms. The molecule has 0 atom stereocenters. The molecule has 2 aromatic carbocycles. The Hall–Kier alpha value is -2.20. The fraction of sp³-hybridized carbons (Fsp3) is 0. The van der Waals surface area contributed by atoms with Gasteiger partial charge in [0, 0.05) is 5.56 Å². The molecule has 18 heavy (non-hydrogen) atoms. The summed E-state index contributed by atoms with van der Waals surface area (Å²) >= 11 is 4.95. The maximum atomic E-state index is 11.6. The molecule has 4 heteroatoms. The predicted molar refractivity (Wildman–Crippen MR) is 76.3 cm³/mol. The number of hydrogen-bond donors (Lipinski definition) is 2. The average molecular weight is 256 g/mol. The second-order valence-electron chi connectivity index (χ2n) is 3.82. The molecule has 3 nitrogen and oxygen atoms in total. The van der Waals surface area contributed by atoms with Crippen molar-refractivity contribution in [3.8, 4) is 11.1 Å². The maximum absolute atomic E-state index is 11.6. The van der Waals surface area contributed by atoms with Gasteiger partial charge in [-0.25, -0.2) is 0 Å². The molecule has 0 heterocycles. The molecule has 0 aromatic heterocycles. The lowest BCUT2D eigenvalue weighted by atomic mass is 9.95. The molecular formula is C14H12N2OS. The van der Waals surface area contributed by atoms with Crippen LogP contribution in [-0.4, -0.2) is 10.9 Å². The van der Waals surface area contributed by atoms with Gasteiger partial charge in [0.25, 0.3) is 0 Å². The summed E-state index contributed by atoms with van der Waals surface area (Å²) in [5.74, 6) is -0.530. The van der Waals surface area contributed by atoms with Crippen molar-refractivity contribution >= 4 is 23.1 Å². The van der Waals surface area contributed by atoms with Crippen LogP contribution in [0.15, 0.2) is 48.5 Å². The fourth-order valence-corrected chi connectivity index (χ4v) is 2.05. The molecule has 0 aliphatic carbocycles. The number of thiocarbonyl (C=S) groups is 1. The summed E-state index contributed by atoms with van der Waals surface area (Å²) in [4.78, 5) is 11.8. The van der Waals surface area contributed by atoms with Crippen LogP contribution < -0.4 is 11.5 Å². The molecule has 0 saturated heterocycles. The van der Waals surface area contributed by atoms with Crippen LogP contribution in [0.2, 0.25) is 0 Å². The number of nitrogens with two attached hydrogens (primary N) is 2. The summed E-state index contributed by atoms with van der Waals surface area (Å²) in [7, 11) is 0. The first-order valence-corrected chi connectivity index (χ1v) is 5.80. The molecule has 0 aliphatic rings. The lowest BCUT2D eigenvalue weighted by Crippen LogP contribution is -2.20. The molecule has 2 aromatic rings. The van der Waals surface area contributed by atoms with E-state index >= 15 is 0 Å². The Bertz CT molecular complexity index is 608. The molecule has 0 aliphatic heterocycles. The van der Waals surface area contributed by atoms with Gasteiger partial charge in [0.2, 0.25) is 5.91 Å². The highest BCUT2D eigenvalue weighted by Gasteiger charge is 2.16. The lowest BCUT2D eigenvalue weighted by molar-refractivity contribution is 0.100. The van der Waals surface area contributed by atoms with E-state index in [1.807, 2.05) is 42.5 Å². The molecule has 0 spiro atoms. The summed E-state index contributed by atoms with van der Waals surface area (Å²) in [6.45, 7) is 0. The van der Waals surface area contributed by atoms with Crippen molar-refractivity contribution in [3.63, 3.8) is 0 Å². The van der Waals surface area contributed by atoms with Crippen LogP contribution >= 0.6 is 12.2 Å². The van der Waals surface area contributed by atoms with Gasteiger partial charge >= 0.3 is 0 Å². The minimum Gasteiger partial charge on any atom is -0.389 e. The molecule has 0 saturated carbocycles. The molecule has 2 rings (SSSR count). The highest BCUT2D eigenvalue weighted by atomic mass is 32.1. The van der Waals surface area contributed by atoms with Crippen molar-refractivity contribution < 1.29 is 4.79 Å². The minimum atomic E-state index is -0.530. The van der Waals surface area contributed by atoms with Gasteiger partial charge in [-0.3, -0.25) is 4.79 Å². The van der Waals surface area contributed by atoms with E-state index in [2.05, 4.69) is 0 Å². The van der Waals surface area contributed by atoms with E-state index in [4.69, 9.17) is 23.7 Å². The van der Waals surface area contributed by atoms with Crippen LogP contribution in [0.3, 0.4) is 0 Å². The third-order valence-electron chi connectivity index (χ3n) is 2.66. The van der Waals surface area contributed by atoms with Gasteiger partial charge in [-0.05, 0) is 11.1 Å². The van der Waals surface area contributed by atoms with Gasteiger partial charge in [0.1, 0.15) is 4.99 Å². The highest BCUT2D eigenvalue weighted by Crippen LogP contribution is 2.25. The zero-order valence-electron chi connectivity index (χ0n) is 9.59. The monoisotopic (exact) mass is 256 g/mol. The van der Waals surface area contributed by atoms with E-state index < -0.39 is 5.91 Å². The Morgan fingerprint density at radius 2 is 1.61 bits per heavy atom. The third kappa shape index (κ3) is 2.24. The molecule has 4 N–H and O–H groups in total. The Morgan fingerprint density at radius 1 is 0.944 bits per heavy atom. The van der Waals surface area contributed by atoms with E-state index in [0.717, 1.165) is 11.1 Å². The molecule has 0 radical (unpaired) electrons. The first-order chi connectivity index (χ1) is 8.61. The van der Waals surface area contributed by atoms with Crippen molar-refractivity contribution in [3.05, 3.63) is 59.7 Å². The van der Waals surface area contributed by atoms with Crippen LogP contribution in [0.5, 0.6) is 0 Å². The highest BCUT2D eigenvalue weighted by molar-refractivity contribution is 7.80. The Balaban J connectivity index is 2.72. The Kier molecular flexibility index (Phi) is 3.39. The van der Waals surface area contributed by atoms with Gasteiger partial charge in [-0.15, -0.1) is 0 Å². The number of rotatable bonds is 3. The number of amides is 1. The van der Waals surface area contributed by atoms with Crippen molar-refractivity contribution in [2.75, 3.05) is 0 Å². The average Bonchev–Trinajstić information content (AvgIpc) is 2.38. The summed E-state index contributed by atoms with van der Waals surface area (Å²) in [5, 5.41) is 0.